The van der Waals surface area contributed by atoms with Crippen LogP contribution in [0.2, 0.25) is 5.02 Å². The Hall–Kier alpha value is -3.30. The molecule has 0 saturated carbocycles. The van der Waals surface area contributed by atoms with Gasteiger partial charge in [-0.05, 0) is 60.0 Å². The molecular weight excluding hydrogens is 502 g/mol. The lowest BCUT2D eigenvalue weighted by Gasteiger charge is -2.36. The third-order valence-corrected chi connectivity index (χ3v) is 7.70. The first-order valence-electron chi connectivity index (χ1n) is 11.6. The molecule has 2 aliphatic heterocycles. The maximum atomic E-state index is 13.5. The summed E-state index contributed by atoms with van der Waals surface area (Å²) < 4.78 is 31.5. The van der Waals surface area contributed by atoms with Gasteiger partial charge < -0.3 is 19.5 Å². The molecular formula is C26H26ClN3O5S. The van der Waals surface area contributed by atoms with E-state index in [1.54, 1.807) is 38.4 Å². The second-order valence-corrected chi connectivity index (χ2v) is 11.8. The van der Waals surface area contributed by atoms with Gasteiger partial charge in [0.1, 0.15) is 6.04 Å². The highest BCUT2D eigenvalue weighted by atomic mass is 35.5. The molecule has 10 heteroatoms. The van der Waals surface area contributed by atoms with E-state index in [1.165, 1.54) is 10.8 Å². The number of hydrogen-bond acceptors (Lipinski definition) is 7. The minimum absolute atomic E-state index is 0.224. The number of ether oxygens (including phenoxy) is 1. The lowest BCUT2D eigenvalue weighted by molar-refractivity contribution is -0.145. The highest BCUT2D eigenvalue weighted by molar-refractivity contribution is 7.91. The molecule has 0 amide bonds. The highest BCUT2D eigenvalue weighted by Gasteiger charge is 2.43. The number of aryl methyl sites for hydroxylation is 1. The fraction of sp³-hybridized carbons (Fsp3) is 0.308. The predicted molar refractivity (Wildman–Crippen MR) is 140 cm³/mol. The molecule has 0 radical (unpaired) electrons. The van der Waals surface area contributed by atoms with Gasteiger partial charge in [-0.3, -0.25) is 4.79 Å². The van der Waals surface area contributed by atoms with Gasteiger partial charge >= 0.3 is 5.97 Å². The third kappa shape index (κ3) is 4.26. The van der Waals surface area contributed by atoms with E-state index >= 15 is 0 Å². The summed E-state index contributed by atoms with van der Waals surface area (Å²) in [5.41, 5.74) is 4.16. The van der Waals surface area contributed by atoms with Crippen LogP contribution in [0.25, 0.3) is 11.3 Å². The average molecular weight is 528 g/mol. The molecule has 3 aliphatic rings. The molecule has 1 aromatic carbocycles. The molecule has 3 heterocycles. The maximum absolute atomic E-state index is 13.5. The van der Waals surface area contributed by atoms with Crippen molar-refractivity contribution in [2.45, 2.75) is 25.4 Å². The summed E-state index contributed by atoms with van der Waals surface area (Å²) in [6.45, 7) is 1.98. The number of pyridine rings is 1. The predicted octanol–water partition coefficient (Wildman–Crippen LogP) is 2.89. The van der Waals surface area contributed by atoms with Gasteiger partial charge in [-0.25, -0.2) is 13.2 Å². The van der Waals surface area contributed by atoms with E-state index in [9.17, 15) is 18.0 Å². The Bertz CT molecular complexity index is 1520. The fourth-order valence-corrected chi connectivity index (χ4v) is 6.04. The third-order valence-electron chi connectivity index (χ3n) is 6.61. The van der Waals surface area contributed by atoms with Crippen LogP contribution in [0, 0.1) is 0 Å². The summed E-state index contributed by atoms with van der Waals surface area (Å²) in [6, 6.07) is 8.15. The molecule has 0 bridgehead atoms. The number of aromatic nitrogens is 1. The standard InChI is InChI=1S/C26H26ClN3O5S/c1-4-35-26(32)20-12-21-22-15(13-30(21)18-7-5-17(27)6-8-18)11-16(14-36(3,33)34)19-9-10-29(2)25(31)23(19)24(22)28-20/h5-11,13,20-21,28H,4,12,14H2,1-3H3. The number of fused-ring (bicyclic) bond motifs is 2. The van der Waals surface area contributed by atoms with Gasteiger partial charge in [0, 0.05) is 48.4 Å². The van der Waals surface area contributed by atoms with Crippen molar-refractivity contribution in [3.63, 3.8) is 0 Å². The molecule has 0 spiro atoms. The van der Waals surface area contributed by atoms with E-state index < -0.39 is 21.8 Å². The van der Waals surface area contributed by atoms with Crippen LogP contribution in [0.4, 0.5) is 5.69 Å². The number of carbonyl (C=O) groups excluding carboxylic acids is 1. The van der Waals surface area contributed by atoms with Gasteiger partial charge in [0.2, 0.25) is 0 Å². The molecule has 2 atom stereocenters. The van der Waals surface area contributed by atoms with Crippen LogP contribution in [0.15, 0.2) is 64.7 Å². The quantitative estimate of drug-likeness (QED) is 0.597. The zero-order valence-corrected chi connectivity index (χ0v) is 21.7. The second kappa shape index (κ2) is 8.97. The molecule has 1 aliphatic carbocycles. The molecule has 1 N–H and O–H groups in total. The zero-order valence-electron chi connectivity index (χ0n) is 20.1. The number of nitrogens with zero attached hydrogens (tertiary/aromatic N) is 2. The van der Waals surface area contributed by atoms with Crippen molar-refractivity contribution in [1.29, 1.82) is 0 Å². The van der Waals surface area contributed by atoms with E-state index in [0.29, 0.717) is 33.8 Å². The monoisotopic (exact) mass is 527 g/mol. The number of anilines is 1. The van der Waals surface area contributed by atoms with Crippen molar-refractivity contribution in [3.8, 4) is 0 Å². The van der Waals surface area contributed by atoms with Crippen molar-refractivity contribution in [1.82, 2.24) is 9.88 Å². The zero-order chi connectivity index (χ0) is 25.8. The molecule has 0 saturated heterocycles. The number of nitrogens with one attached hydrogen (secondary N) is 1. The summed E-state index contributed by atoms with van der Waals surface area (Å²) in [6.07, 6.45) is 6.99. The maximum Gasteiger partial charge on any atom is 0.328 e. The molecule has 2 unspecified atom stereocenters. The Morgan fingerprint density at radius 1 is 1.22 bits per heavy atom. The second-order valence-electron chi connectivity index (χ2n) is 9.22. The lowest BCUT2D eigenvalue weighted by Crippen LogP contribution is -2.48. The fourth-order valence-electron chi connectivity index (χ4n) is 5.11. The molecule has 2 aromatic rings. The van der Waals surface area contributed by atoms with Gasteiger partial charge in [0.05, 0.1) is 29.7 Å². The van der Waals surface area contributed by atoms with Crippen molar-refractivity contribution >= 4 is 44.4 Å². The Labute approximate surface area is 214 Å². The number of hydrogen-bond donors (Lipinski definition) is 1. The average Bonchev–Trinajstić information content (AvgIpc) is 3.11. The largest absolute Gasteiger partial charge is 0.464 e. The number of rotatable bonds is 5. The number of allylic oxidation sites excluding steroid dienone is 1. The van der Waals surface area contributed by atoms with Crippen molar-refractivity contribution in [3.05, 3.63) is 86.5 Å². The molecule has 1 aromatic heterocycles. The smallest absolute Gasteiger partial charge is 0.328 e. The number of benzene rings is 1. The van der Waals surface area contributed by atoms with E-state index in [4.69, 9.17) is 16.3 Å². The summed E-state index contributed by atoms with van der Waals surface area (Å²) in [4.78, 5) is 28.4. The first-order chi connectivity index (χ1) is 17.1. The lowest BCUT2D eigenvalue weighted by atomic mass is 9.88. The number of halogens is 1. The van der Waals surface area contributed by atoms with Crippen LogP contribution in [-0.2, 0) is 26.4 Å². The topological polar surface area (TPSA) is 97.7 Å². The SMILES string of the molecule is CCOC(=O)C1CC2C3=C(N1)c1c(ccn(C)c1=O)C(CS(C)(=O)=O)=CC3=CN2c1ccc(Cl)cc1. The first-order valence-corrected chi connectivity index (χ1v) is 14.0. The van der Waals surface area contributed by atoms with E-state index in [2.05, 4.69) is 5.32 Å². The van der Waals surface area contributed by atoms with Crippen LogP contribution in [0.1, 0.15) is 24.5 Å². The highest BCUT2D eigenvalue weighted by Crippen LogP contribution is 2.45. The van der Waals surface area contributed by atoms with Gasteiger partial charge in [-0.1, -0.05) is 11.6 Å². The van der Waals surface area contributed by atoms with Crippen molar-refractivity contribution in [2.24, 2.45) is 7.05 Å². The normalized spacial score (nSPS) is 20.6. The van der Waals surface area contributed by atoms with Gasteiger partial charge in [0.25, 0.3) is 5.56 Å². The molecule has 0 fully saturated rings. The molecule has 36 heavy (non-hydrogen) atoms. The van der Waals surface area contributed by atoms with Gasteiger partial charge in [-0.15, -0.1) is 0 Å². The Morgan fingerprint density at radius 2 is 1.94 bits per heavy atom. The molecule has 5 rings (SSSR count). The minimum atomic E-state index is -3.40. The van der Waals surface area contributed by atoms with Crippen LogP contribution in [0.3, 0.4) is 0 Å². The first kappa shape index (κ1) is 24.4. The molecule has 8 nitrogen and oxygen atoms in total. The number of carbonyl (C=O) groups is 1. The minimum Gasteiger partial charge on any atom is -0.464 e. The van der Waals surface area contributed by atoms with Crippen LogP contribution >= 0.6 is 11.6 Å². The summed E-state index contributed by atoms with van der Waals surface area (Å²) in [7, 11) is -1.76. The van der Waals surface area contributed by atoms with Crippen molar-refractivity contribution < 1.29 is 17.9 Å². The van der Waals surface area contributed by atoms with Crippen LogP contribution in [-0.4, -0.2) is 49.7 Å². The summed E-state index contributed by atoms with van der Waals surface area (Å²) in [5, 5.41) is 3.89. The van der Waals surface area contributed by atoms with E-state index in [1.807, 2.05) is 29.3 Å². The Morgan fingerprint density at radius 3 is 2.61 bits per heavy atom. The number of esters is 1. The van der Waals surface area contributed by atoms with Gasteiger partial charge in [-0.2, -0.15) is 0 Å². The number of sulfone groups is 1. The van der Waals surface area contributed by atoms with Crippen LogP contribution in [0.5, 0.6) is 0 Å². The summed E-state index contributed by atoms with van der Waals surface area (Å²) >= 11 is 6.12. The Kier molecular flexibility index (Phi) is 6.08. The summed E-state index contributed by atoms with van der Waals surface area (Å²) in [5.74, 6) is -0.630. The van der Waals surface area contributed by atoms with Gasteiger partial charge in [0.15, 0.2) is 9.84 Å². The van der Waals surface area contributed by atoms with Crippen molar-refractivity contribution in [2.75, 3.05) is 23.5 Å². The van der Waals surface area contributed by atoms with E-state index in [-0.39, 0.29) is 24.0 Å². The Balaban J connectivity index is 1.77. The molecule has 188 valence electrons. The van der Waals surface area contributed by atoms with E-state index in [0.717, 1.165) is 16.8 Å². The van der Waals surface area contributed by atoms with Crippen LogP contribution < -0.4 is 15.8 Å².